The van der Waals surface area contributed by atoms with Gasteiger partial charge in [-0.25, -0.2) is 14.6 Å². The van der Waals surface area contributed by atoms with Crippen molar-refractivity contribution in [2.45, 2.75) is 0 Å². The summed E-state index contributed by atoms with van der Waals surface area (Å²) < 4.78 is 15.2. The highest BCUT2D eigenvalue weighted by Crippen LogP contribution is 2.30. The minimum absolute atomic E-state index is 0.0540. The average Bonchev–Trinajstić information content (AvgIpc) is 3.21. The van der Waals surface area contributed by atoms with Crippen LogP contribution in [-0.4, -0.2) is 54.6 Å². The van der Waals surface area contributed by atoms with Gasteiger partial charge in [0.2, 0.25) is 0 Å². The van der Waals surface area contributed by atoms with E-state index in [1.807, 2.05) is 6.07 Å². The molecule has 0 bridgehead atoms. The van der Waals surface area contributed by atoms with E-state index in [0.29, 0.717) is 22.5 Å². The summed E-state index contributed by atoms with van der Waals surface area (Å²) in [4.78, 5) is 33.9. The van der Waals surface area contributed by atoms with Gasteiger partial charge in [-0.05, 0) is 30.3 Å². The molecule has 0 spiro atoms. The number of aromatic hydroxyl groups is 1. The van der Waals surface area contributed by atoms with Crippen molar-refractivity contribution < 1.29 is 28.9 Å². The lowest BCUT2D eigenvalue weighted by Gasteiger charge is -2.31. The molecule has 0 atom stereocenters. The molecule has 2 aromatic carbocycles. The van der Waals surface area contributed by atoms with Crippen LogP contribution < -0.4 is 4.90 Å². The van der Waals surface area contributed by atoms with Crippen molar-refractivity contribution in [2.24, 2.45) is 0 Å². The average molecular weight is 409 g/mol. The Kier molecular flexibility index (Phi) is 5.11. The molecule has 1 aromatic heterocycles. The summed E-state index contributed by atoms with van der Waals surface area (Å²) in [5, 5.41) is 9.71. The minimum Gasteiger partial charge on any atom is -0.508 e. The van der Waals surface area contributed by atoms with Crippen LogP contribution in [0, 0.1) is 0 Å². The number of ether oxygens (including phenoxy) is 3. The molecule has 154 valence electrons. The van der Waals surface area contributed by atoms with Gasteiger partial charge in [-0.2, -0.15) is 0 Å². The molecule has 0 saturated heterocycles. The first-order chi connectivity index (χ1) is 14.5. The number of nitrogens with zero attached hydrogens (tertiary/aromatic N) is 2. The normalized spacial score (nSPS) is 14.1. The molecular formula is C21H19N3O6. The number of fused-ring (bicyclic) bond motifs is 1. The van der Waals surface area contributed by atoms with Crippen molar-refractivity contribution >= 4 is 28.7 Å². The highest BCUT2D eigenvalue weighted by molar-refractivity contribution is 6.03. The monoisotopic (exact) mass is 409 g/mol. The van der Waals surface area contributed by atoms with Gasteiger partial charge in [0.25, 0.3) is 0 Å². The first-order valence-corrected chi connectivity index (χ1v) is 9.06. The number of benzene rings is 2. The van der Waals surface area contributed by atoms with Crippen molar-refractivity contribution in [3.63, 3.8) is 0 Å². The smallest absolute Gasteiger partial charge is 0.355 e. The number of imidazole rings is 1. The van der Waals surface area contributed by atoms with Crippen molar-refractivity contribution in [1.82, 2.24) is 9.97 Å². The van der Waals surface area contributed by atoms with E-state index >= 15 is 0 Å². The second-order valence-electron chi connectivity index (χ2n) is 6.55. The molecule has 9 nitrogen and oxygen atoms in total. The van der Waals surface area contributed by atoms with Gasteiger partial charge >= 0.3 is 11.9 Å². The van der Waals surface area contributed by atoms with Crippen LogP contribution in [-0.2, 0) is 23.8 Å². The fourth-order valence-corrected chi connectivity index (χ4v) is 3.30. The third-order valence-corrected chi connectivity index (χ3v) is 4.73. The molecule has 0 saturated carbocycles. The van der Waals surface area contributed by atoms with E-state index in [2.05, 4.69) is 9.97 Å². The van der Waals surface area contributed by atoms with Crippen molar-refractivity contribution in [2.75, 3.05) is 32.5 Å². The number of esters is 2. The van der Waals surface area contributed by atoms with Crippen molar-refractivity contribution in [1.29, 1.82) is 0 Å². The Labute approximate surface area is 171 Å². The number of carbonyl (C=O) groups is 2. The number of phenols is 1. The fourth-order valence-electron chi connectivity index (χ4n) is 3.30. The van der Waals surface area contributed by atoms with Gasteiger partial charge in [-0.1, -0.05) is 12.1 Å². The zero-order valence-corrected chi connectivity index (χ0v) is 16.3. The summed E-state index contributed by atoms with van der Waals surface area (Å²) in [7, 11) is 2.49. The minimum atomic E-state index is -0.663. The molecule has 1 aliphatic heterocycles. The van der Waals surface area contributed by atoms with E-state index in [9.17, 15) is 14.7 Å². The van der Waals surface area contributed by atoms with Gasteiger partial charge < -0.3 is 29.2 Å². The number of nitrogens with one attached hydrogen (secondary N) is 1. The van der Waals surface area contributed by atoms with Crippen LogP contribution in [0.25, 0.3) is 22.4 Å². The molecule has 0 fully saturated rings. The molecule has 4 rings (SSSR count). The van der Waals surface area contributed by atoms with Crippen LogP contribution in [0.5, 0.6) is 5.75 Å². The largest absolute Gasteiger partial charge is 0.508 e. The van der Waals surface area contributed by atoms with Gasteiger partial charge in [0, 0.05) is 11.3 Å². The van der Waals surface area contributed by atoms with Gasteiger partial charge in [0.1, 0.15) is 24.0 Å². The van der Waals surface area contributed by atoms with E-state index in [-0.39, 0.29) is 30.4 Å². The SMILES string of the molecule is COC(=O)C1=C(C(=O)OC)N(c2ccc3nc(-c4cccc(O)c4)[nH]c3c2)COC1. The molecule has 3 aromatic rings. The summed E-state index contributed by atoms with van der Waals surface area (Å²) in [6.45, 7) is 0.00550. The third-order valence-electron chi connectivity index (χ3n) is 4.73. The lowest BCUT2D eigenvalue weighted by molar-refractivity contribution is -0.140. The van der Waals surface area contributed by atoms with Gasteiger partial charge in [0.15, 0.2) is 0 Å². The molecular weight excluding hydrogens is 390 g/mol. The number of phenolic OH excluding ortho intramolecular Hbond substituents is 1. The number of carbonyl (C=O) groups excluding carboxylic acids is 2. The Bertz CT molecular complexity index is 1170. The van der Waals surface area contributed by atoms with Crippen LogP contribution in [0.1, 0.15) is 0 Å². The standard InChI is InChI=1S/C21H19N3O6/c1-28-20(26)15-10-30-11-24(18(15)21(27)29-2)13-6-7-16-17(9-13)23-19(22-16)12-4-3-5-14(25)8-12/h3-9,25H,10-11H2,1-2H3,(H,22,23). The summed E-state index contributed by atoms with van der Waals surface area (Å²) in [6, 6.07) is 12.1. The molecule has 9 heteroatoms. The number of hydrogen-bond acceptors (Lipinski definition) is 8. The van der Waals surface area contributed by atoms with E-state index in [1.54, 1.807) is 41.3 Å². The highest BCUT2D eigenvalue weighted by atomic mass is 16.5. The van der Waals surface area contributed by atoms with Crippen LogP contribution in [0.3, 0.4) is 0 Å². The predicted molar refractivity (Wildman–Crippen MR) is 108 cm³/mol. The molecule has 30 heavy (non-hydrogen) atoms. The van der Waals surface area contributed by atoms with Gasteiger partial charge in [0.05, 0.1) is 37.4 Å². The summed E-state index contributed by atoms with van der Waals surface area (Å²) in [5.41, 5.74) is 2.91. The van der Waals surface area contributed by atoms with Crippen LogP contribution in [0.2, 0.25) is 0 Å². The Morgan fingerprint density at radius 2 is 1.93 bits per heavy atom. The lowest BCUT2D eigenvalue weighted by Crippen LogP contribution is -2.38. The second-order valence-corrected chi connectivity index (χ2v) is 6.55. The van der Waals surface area contributed by atoms with Crippen LogP contribution >= 0.6 is 0 Å². The molecule has 0 aliphatic carbocycles. The quantitative estimate of drug-likeness (QED) is 0.631. The highest BCUT2D eigenvalue weighted by Gasteiger charge is 2.32. The zero-order chi connectivity index (χ0) is 21.3. The molecule has 2 heterocycles. The summed E-state index contributed by atoms with van der Waals surface area (Å²) >= 11 is 0. The Balaban J connectivity index is 1.78. The number of hydrogen-bond donors (Lipinski definition) is 2. The number of aromatic amines is 1. The number of methoxy groups -OCH3 is 2. The maximum absolute atomic E-state index is 12.4. The maximum atomic E-state index is 12.4. The Morgan fingerprint density at radius 1 is 1.13 bits per heavy atom. The number of aromatic nitrogens is 2. The van der Waals surface area contributed by atoms with E-state index in [0.717, 1.165) is 5.56 Å². The Morgan fingerprint density at radius 3 is 2.67 bits per heavy atom. The van der Waals surface area contributed by atoms with Gasteiger partial charge in [-0.3, -0.25) is 0 Å². The number of anilines is 1. The van der Waals surface area contributed by atoms with Crippen molar-refractivity contribution in [3.05, 3.63) is 53.7 Å². The molecule has 0 amide bonds. The summed E-state index contributed by atoms with van der Waals surface area (Å²) in [5.74, 6) is -0.591. The predicted octanol–water partition coefficient (Wildman–Crippen LogP) is 2.33. The Hall–Kier alpha value is -3.85. The van der Waals surface area contributed by atoms with Crippen LogP contribution in [0.15, 0.2) is 53.7 Å². The lowest BCUT2D eigenvalue weighted by atomic mass is 10.1. The number of H-pyrrole nitrogens is 1. The molecule has 0 radical (unpaired) electrons. The van der Waals surface area contributed by atoms with Gasteiger partial charge in [-0.15, -0.1) is 0 Å². The second kappa shape index (κ2) is 7.88. The molecule has 1 aliphatic rings. The molecule has 0 unspecified atom stereocenters. The van der Waals surface area contributed by atoms with Crippen molar-refractivity contribution in [3.8, 4) is 17.1 Å². The fraction of sp³-hybridized carbons (Fsp3) is 0.190. The van der Waals surface area contributed by atoms with E-state index in [4.69, 9.17) is 14.2 Å². The van der Waals surface area contributed by atoms with E-state index in [1.165, 1.54) is 14.2 Å². The first-order valence-electron chi connectivity index (χ1n) is 9.06. The van der Waals surface area contributed by atoms with Crippen LogP contribution in [0.4, 0.5) is 5.69 Å². The molecule has 2 N–H and O–H groups in total. The third kappa shape index (κ3) is 3.46. The summed E-state index contributed by atoms with van der Waals surface area (Å²) in [6.07, 6.45) is 0. The maximum Gasteiger partial charge on any atom is 0.355 e. The van der Waals surface area contributed by atoms with E-state index < -0.39 is 11.9 Å². The first kappa shape index (κ1) is 19.5. The topological polar surface area (TPSA) is 114 Å². The zero-order valence-electron chi connectivity index (χ0n) is 16.3. The number of rotatable bonds is 4.